The highest BCUT2D eigenvalue weighted by molar-refractivity contribution is 6.30. The molecule has 1 N–H and O–H groups in total. The van der Waals surface area contributed by atoms with Crippen LogP contribution in [0.5, 0.6) is 11.5 Å². The maximum Gasteiger partial charge on any atom is 0.307 e. The van der Waals surface area contributed by atoms with Crippen LogP contribution in [0.15, 0.2) is 48.5 Å². The first-order valence-electron chi connectivity index (χ1n) is 6.36. The summed E-state index contributed by atoms with van der Waals surface area (Å²) in [4.78, 5) is 11.0. The van der Waals surface area contributed by atoms with Gasteiger partial charge in [-0.1, -0.05) is 23.7 Å². The third-order valence-electron chi connectivity index (χ3n) is 2.94. The molecule has 0 aliphatic carbocycles. The maximum atomic E-state index is 11.0. The van der Waals surface area contributed by atoms with E-state index in [1.165, 1.54) is 0 Å². The largest absolute Gasteiger partial charge is 0.497 e. The number of carboxylic acid groups (broad SMARTS) is 1. The van der Waals surface area contributed by atoms with Crippen molar-refractivity contribution in [2.45, 2.75) is 12.5 Å². The molecule has 0 saturated heterocycles. The molecule has 0 aromatic heterocycles. The Morgan fingerprint density at radius 3 is 2.19 bits per heavy atom. The second kappa shape index (κ2) is 6.99. The molecular weight excluding hydrogens is 292 g/mol. The van der Waals surface area contributed by atoms with E-state index in [1.807, 2.05) is 0 Å². The lowest BCUT2D eigenvalue weighted by Crippen LogP contribution is -2.12. The highest BCUT2D eigenvalue weighted by Crippen LogP contribution is 2.27. The number of carboxylic acids is 1. The number of ether oxygens (including phenoxy) is 2. The SMILES string of the molecule is COc1ccc(OC(CC(=O)O)c2ccc(Cl)cc2)cc1. The van der Waals surface area contributed by atoms with Crippen molar-refractivity contribution >= 4 is 17.6 Å². The zero-order valence-electron chi connectivity index (χ0n) is 11.5. The molecular formula is C16H15ClO4. The van der Waals surface area contributed by atoms with Gasteiger partial charge < -0.3 is 14.6 Å². The van der Waals surface area contributed by atoms with Crippen LogP contribution in [0, 0.1) is 0 Å². The lowest BCUT2D eigenvalue weighted by Gasteiger charge is -2.18. The zero-order chi connectivity index (χ0) is 15.2. The summed E-state index contributed by atoms with van der Waals surface area (Å²) in [5.41, 5.74) is 0.762. The quantitative estimate of drug-likeness (QED) is 0.878. The summed E-state index contributed by atoms with van der Waals surface area (Å²) in [6.07, 6.45) is -0.707. The maximum absolute atomic E-state index is 11.0. The van der Waals surface area contributed by atoms with E-state index >= 15 is 0 Å². The summed E-state index contributed by atoms with van der Waals surface area (Å²) in [5.74, 6) is 0.365. The number of carbonyl (C=O) groups is 1. The van der Waals surface area contributed by atoms with Gasteiger partial charge in [-0.15, -0.1) is 0 Å². The van der Waals surface area contributed by atoms with Crippen LogP contribution in [0.25, 0.3) is 0 Å². The normalized spacial score (nSPS) is 11.7. The third-order valence-corrected chi connectivity index (χ3v) is 3.19. The number of rotatable bonds is 6. The summed E-state index contributed by atoms with van der Waals surface area (Å²) in [6.45, 7) is 0. The Hall–Kier alpha value is -2.20. The fourth-order valence-electron chi connectivity index (χ4n) is 1.88. The number of hydrogen-bond donors (Lipinski definition) is 1. The van der Waals surface area contributed by atoms with E-state index in [0.717, 1.165) is 5.56 Å². The van der Waals surface area contributed by atoms with Gasteiger partial charge in [-0.25, -0.2) is 0 Å². The minimum Gasteiger partial charge on any atom is -0.497 e. The molecule has 0 aliphatic heterocycles. The number of hydrogen-bond acceptors (Lipinski definition) is 3. The van der Waals surface area contributed by atoms with Crippen molar-refractivity contribution in [1.82, 2.24) is 0 Å². The highest BCUT2D eigenvalue weighted by Gasteiger charge is 2.17. The third kappa shape index (κ3) is 4.39. The molecule has 0 spiro atoms. The van der Waals surface area contributed by atoms with Crippen molar-refractivity contribution in [2.24, 2.45) is 0 Å². The van der Waals surface area contributed by atoms with E-state index < -0.39 is 12.1 Å². The average Bonchev–Trinajstić information content (AvgIpc) is 2.48. The minimum atomic E-state index is -0.927. The van der Waals surface area contributed by atoms with Crippen LogP contribution < -0.4 is 9.47 Å². The van der Waals surface area contributed by atoms with E-state index in [4.69, 9.17) is 26.2 Å². The number of aliphatic carboxylic acids is 1. The van der Waals surface area contributed by atoms with Crippen molar-refractivity contribution in [2.75, 3.05) is 7.11 Å². The topological polar surface area (TPSA) is 55.8 Å². The van der Waals surface area contributed by atoms with Crippen molar-refractivity contribution < 1.29 is 19.4 Å². The summed E-state index contributed by atoms with van der Waals surface area (Å²) in [6, 6.07) is 13.9. The Bertz CT molecular complexity index is 593. The van der Waals surface area contributed by atoms with Crippen LogP contribution in [-0.2, 0) is 4.79 Å². The average molecular weight is 307 g/mol. The van der Waals surface area contributed by atoms with Gasteiger partial charge >= 0.3 is 5.97 Å². The van der Waals surface area contributed by atoms with Crippen LogP contribution in [0.2, 0.25) is 5.02 Å². The van der Waals surface area contributed by atoms with E-state index in [9.17, 15) is 4.79 Å². The lowest BCUT2D eigenvalue weighted by atomic mass is 10.1. The van der Waals surface area contributed by atoms with Crippen molar-refractivity contribution in [3.8, 4) is 11.5 Å². The van der Waals surface area contributed by atoms with Crippen LogP contribution in [0.1, 0.15) is 18.1 Å². The molecule has 0 aliphatic rings. The molecule has 0 saturated carbocycles. The molecule has 0 radical (unpaired) electrons. The molecule has 0 bridgehead atoms. The Balaban J connectivity index is 2.19. The molecule has 4 nitrogen and oxygen atoms in total. The molecule has 0 fully saturated rings. The van der Waals surface area contributed by atoms with Gasteiger partial charge in [0.05, 0.1) is 13.5 Å². The second-order valence-corrected chi connectivity index (χ2v) is 4.87. The van der Waals surface area contributed by atoms with E-state index in [2.05, 4.69) is 0 Å². The summed E-state index contributed by atoms with van der Waals surface area (Å²) < 4.78 is 10.8. The van der Waals surface area contributed by atoms with Gasteiger partial charge in [0.15, 0.2) is 0 Å². The Labute approximate surface area is 127 Å². The zero-order valence-corrected chi connectivity index (χ0v) is 12.2. The van der Waals surface area contributed by atoms with Gasteiger partial charge in [0.1, 0.15) is 17.6 Å². The fraction of sp³-hybridized carbons (Fsp3) is 0.188. The van der Waals surface area contributed by atoms with Gasteiger partial charge in [0.25, 0.3) is 0 Å². The standard InChI is InChI=1S/C16H15ClO4/c1-20-13-6-8-14(9-7-13)21-15(10-16(18)19)11-2-4-12(17)5-3-11/h2-9,15H,10H2,1H3,(H,18,19). The van der Waals surface area contributed by atoms with Gasteiger partial charge in [-0.3, -0.25) is 4.79 Å². The first-order valence-corrected chi connectivity index (χ1v) is 6.74. The van der Waals surface area contributed by atoms with E-state index in [1.54, 1.807) is 55.6 Å². The number of benzene rings is 2. The van der Waals surface area contributed by atoms with Crippen LogP contribution in [0.3, 0.4) is 0 Å². The Morgan fingerprint density at radius 2 is 1.67 bits per heavy atom. The van der Waals surface area contributed by atoms with E-state index in [0.29, 0.717) is 16.5 Å². The van der Waals surface area contributed by atoms with Crippen molar-refractivity contribution in [3.05, 3.63) is 59.1 Å². The molecule has 0 amide bonds. The highest BCUT2D eigenvalue weighted by atomic mass is 35.5. The van der Waals surface area contributed by atoms with Gasteiger partial charge in [0, 0.05) is 5.02 Å². The van der Waals surface area contributed by atoms with Crippen LogP contribution >= 0.6 is 11.6 Å². The molecule has 21 heavy (non-hydrogen) atoms. The minimum absolute atomic E-state index is 0.131. The summed E-state index contributed by atoms with van der Waals surface area (Å²) >= 11 is 5.84. The van der Waals surface area contributed by atoms with Gasteiger partial charge in [0.2, 0.25) is 0 Å². The first-order chi connectivity index (χ1) is 10.1. The molecule has 1 unspecified atom stereocenters. The molecule has 2 aromatic rings. The molecule has 1 atom stereocenters. The van der Waals surface area contributed by atoms with Crippen molar-refractivity contribution in [3.63, 3.8) is 0 Å². The molecule has 2 rings (SSSR count). The van der Waals surface area contributed by atoms with Gasteiger partial charge in [-0.05, 0) is 42.0 Å². The van der Waals surface area contributed by atoms with Crippen molar-refractivity contribution in [1.29, 1.82) is 0 Å². The number of methoxy groups -OCH3 is 1. The predicted molar refractivity (Wildman–Crippen MR) is 80.1 cm³/mol. The molecule has 110 valence electrons. The molecule has 0 heterocycles. The van der Waals surface area contributed by atoms with Crippen LogP contribution in [-0.4, -0.2) is 18.2 Å². The Kier molecular flexibility index (Phi) is 5.06. The van der Waals surface area contributed by atoms with Gasteiger partial charge in [-0.2, -0.15) is 0 Å². The first kappa shape index (κ1) is 15.2. The predicted octanol–water partition coefficient (Wildman–Crippen LogP) is 3.94. The second-order valence-electron chi connectivity index (χ2n) is 4.43. The molecule has 5 heteroatoms. The van der Waals surface area contributed by atoms with E-state index in [-0.39, 0.29) is 6.42 Å². The van der Waals surface area contributed by atoms with Crippen LogP contribution in [0.4, 0.5) is 0 Å². The molecule has 2 aromatic carbocycles. The fourth-order valence-corrected chi connectivity index (χ4v) is 2.01. The summed E-state index contributed by atoms with van der Waals surface area (Å²) in [5, 5.41) is 9.63. The number of halogens is 1. The summed E-state index contributed by atoms with van der Waals surface area (Å²) in [7, 11) is 1.58. The smallest absolute Gasteiger partial charge is 0.307 e. The lowest BCUT2D eigenvalue weighted by molar-refractivity contribution is -0.138. The Morgan fingerprint density at radius 1 is 1.10 bits per heavy atom. The monoisotopic (exact) mass is 306 g/mol.